The minimum Gasteiger partial charge on any atom is -0.375 e. The van der Waals surface area contributed by atoms with Gasteiger partial charge in [0.15, 0.2) is 0 Å². The van der Waals surface area contributed by atoms with Gasteiger partial charge in [-0.15, -0.1) is 0 Å². The summed E-state index contributed by atoms with van der Waals surface area (Å²) in [6.07, 6.45) is 18.1. The number of hydrogen-bond donors (Lipinski definition) is 0. The first-order valence-corrected chi connectivity index (χ1v) is 15.5. The Balaban J connectivity index is 1.61. The molecule has 2 aliphatic rings. The fourth-order valence-electron chi connectivity index (χ4n) is 7.12. The molecule has 0 radical (unpaired) electrons. The fourth-order valence-corrected chi connectivity index (χ4v) is 7.12. The third kappa shape index (κ3) is 9.30. The molecule has 1 saturated heterocycles. The lowest BCUT2D eigenvalue weighted by Crippen LogP contribution is -2.34. The van der Waals surface area contributed by atoms with Gasteiger partial charge in [0.25, 0.3) is 0 Å². The summed E-state index contributed by atoms with van der Waals surface area (Å²) >= 11 is 0. The van der Waals surface area contributed by atoms with E-state index in [1.54, 1.807) is 0 Å². The Morgan fingerprint density at radius 3 is 2.58 bits per heavy atom. The third-order valence-corrected chi connectivity index (χ3v) is 9.30. The lowest BCUT2D eigenvalue weighted by molar-refractivity contribution is -0.126. The van der Waals surface area contributed by atoms with E-state index in [1.165, 1.54) is 81.8 Å². The minimum absolute atomic E-state index is 0.0358. The highest BCUT2D eigenvalue weighted by Crippen LogP contribution is 2.43. The van der Waals surface area contributed by atoms with Crippen LogP contribution in [0.5, 0.6) is 0 Å². The lowest BCUT2D eigenvalue weighted by atomic mass is 9.69. The number of ketones is 1. The highest BCUT2D eigenvalue weighted by Gasteiger charge is 2.34. The van der Waals surface area contributed by atoms with Crippen LogP contribution in [0, 0.1) is 30.6 Å². The Labute approximate surface area is 223 Å². The summed E-state index contributed by atoms with van der Waals surface area (Å²) in [6, 6.07) is 9.23. The van der Waals surface area contributed by atoms with Crippen LogP contribution in [0.15, 0.2) is 24.3 Å². The van der Waals surface area contributed by atoms with E-state index in [1.807, 2.05) is 0 Å². The lowest BCUT2D eigenvalue weighted by Gasteiger charge is -2.37. The van der Waals surface area contributed by atoms with Crippen molar-refractivity contribution < 1.29 is 9.53 Å². The van der Waals surface area contributed by atoms with Crippen LogP contribution >= 0.6 is 0 Å². The van der Waals surface area contributed by atoms with Crippen molar-refractivity contribution >= 4 is 5.78 Å². The zero-order valence-corrected chi connectivity index (χ0v) is 24.3. The molecule has 0 bridgehead atoms. The first-order valence-electron chi connectivity index (χ1n) is 15.5. The Bertz CT molecular complexity index is 771. The van der Waals surface area contributed by atoms with Crippen molar-refractivity contribution in [3.05, 3.63) is 35.4 Å². The monoisotopic (exact) mass is 496 g/mol. The van der Waals surface area contributed by atoms with Crippen LogP contribution in [0.4, 0.5) is 0 Å². The summed E-state index contributed by atoms with van der Waals surface area (Å²) in [5.41, 5.74) is 2.93. The summed E-state index contributed by atoms with van der Waals surface area (Å²) in [6.45, 7) is 12.1. The second-order valence-corrected chi connectivity index (χ2v) is 13.0. The van der Waals surface area contributed by atoms with Gasteiger partial charge in [-0.25, -0.2) is 0 Å². The number of carbonyl (C=O) groups is 1. The second kappa shape index (κ2) is 14.7. The molecule has 5 atom stereocenters. The summed E-state index contributed by atoms with van der Waals surface area (Å²) in [5.74, 6) is 3.31. The molecule has 2 fully saturated rings. The minimum atomic E-state index is 0.0358. The van der Waals surface area contributed by atoms with Gasteiger partial charge in [-0.2, -0.15) is 0 Å². The van der Waals surface area contributed by atoms with Crippen LogP contribution in [-0.2, 0) is 9.53 Å². The summed E-state index contributed by atoms with van der Waals surface area (Å²) in [5, 5.41) is 0. The summed E-state index contributed by atoms with van der Waals surface area (Å²) in [7, 11) is 0. The SMILES string of the molecule is CCCCCCC(c1cccc(C)c1)C1CCCC(C(=O)CC(CCC)CC2CCC(C)(C)OC2)C1. The van der Waals surface area contributed by atoms with Crippen molar-refractivity contribution in [3.63, 3.8) is 0 Å². The fraction of sp³-hybridized carbons (Fsp3) is 0.794. The van der Waals surface area contributed by atoms with Crippen LogP contribution in [0.1, 0.15) is 141 Å². The largest absolute Gasteiger partial charge is 0.375 e. The van der Waals surface area contributed by atoms with Crippen molar-refractivity contribution in [2.45, 2.75) is 142 Å². The molecule has 0 N–H and O–H groups in total. The normalized spacial score (nSPS) is 25.9. The second-order valence-electron chi connectivity index (χ2n) is 13.0. The van der Waals surface area contributed by atoms with Crippen LogP contribution in [-0.4, -0.2) is 18.0 Å². The zero-order valence-electron chi connectivity index (χ0n) is 24.3. The van der Waals surface area contributed by atoms with Crippen LogP contribution < -0.4 is 0 Å². The maximum Gasteiger partial charge on any atom is 0.136 e. The van der Waals surface area contributed by atoms with Gasteiger partial charge in [0, 0.05) is 12.3 Å². The predicted octanol–water partition coefficient (Wildman–Crippen LogP) is 9.83. The van der Waals surface area contributed by atoms with Gasteiger partial charge in [0.1, 0.15) is 5.78 Å². The van der Waals surface area contributed by atoms with Gasteiger partial charge in [0.2, 0.25) is 0 Å². The van der Waals surface area contributed by atoms with Gasteiger partial charge in [-0.1, -0.05) is 88.6 Å². The molecule has 0 aromatic heterocycles. The summed E-state index contributed by atoms with van der Waals surface area (Å²) < 4.78 is 6.13. The topological polar surface area (TPSA) is 26.3 Å². The molecule has 1 aromatic rings. The van der Waals surface area contributed by atoms with Gasteiger partial charge in [0.05, 0.1) is 12.2 Å². The van der Waals surface area contributed by atoms with Gasteiger partial charge in [-0.3, -0.25) is 4.79 Å². The molecule has 2 heteroatoms. The average molecular weight is 497 g/mol. The molecule has 3 rings (SSSR count). The molecular formula is C34H56O2. The molecule has 1 aliphatic heterocycles. The number of ether oxygens (including phenoxy) is 1. The van der Waals surface area contributed by atoms with E-state index in [9.17, 15) is 4.79 Å². The van der Waals surface area contributed by atoms with E-state index in [0.29, 0.717) is 29.5 Å². The first kappa shape index (κ1) is 29.4. The van der Waals surface area contributed by atoms with Crippen LogP contribution in [0.25, 0.3) is 0 Å². The molecule has 0 spiro atoms. The number of Topliss-reactive ketones (excluding diaryl/α,β-unsaturated/α-hetero) is 1. The van der Waals surface area contributed by atoms with E-state index in [0.717, 1.165) is 32.3 Å². The maximum atomic E-state index is 13.7. The average Bonchev–Trinajstić information content (AvgIpc) is 2.85. The molecule has 1 heterocycles. The van der Waals surface area contributed by atoms with Gasteiger partial charge in [-0.05, 0) is 95.0 Å². The van der Waals surface area contributed by atoms with Gasteiger partial charge < -0.3 is 4.74 Å². The van der Waals surface area contributed by atoms with E-state index >= 15 is 0 Å². The number of benzene rings is 1. The molecule has 36 heavy (non-hydrogen) atoms. The van der Waals surface area contributed by atoms with Crippen molar-refractivity contribution in [3.8, 4) is 0 Å². The Kier molecular flexibility index (Phi) is 12.0. The van der Waals surface area contributed by atoms with E-state index < -0.39 is 0 Å². The molecule has 1 aromatic carbocycles. The van der Waals surface area contributed by atoms with Crippen molar-refractivity contribution in [1.29, 1.82) is 0 Å². The number of unbranched alkanes of at least 4 members (excludes halogenated alkanes) is 3. The highest BCUT2D eigenvalue weighted by atomic mass is 16.5. The predicted molar refractivity (Wildman–Crippen MR) is 154 cm³/mol. The third-order valence-electron chi connectivity index (χ3n) is 9.30. The van der Waals surface area contributed by atoms with E-state index in [-0.39, 0.29) is 11.5 Å². The van der Waals surface area contributed by atoms with Crippen molar-refractivity contribution in [2.75, 3.05) is 6.61 Å². The molecule has 0 amide bonds. The molecule has 5 unspecified atom stereocenters. The summed E-state index contributed by atoms with van der Waals surface area (Å²) in [4.78, 5) is 13.7. The van der Waals surface area contributed by atoms with Crippen LogP contribution in [0.3, 0.4) is 0 Å². The number of carbonyl (C=O) groups excluding carboxylic acids is 1. The highest BCUT2D eigenvalue weighted by molar-refractivity contribution is 5.81. The maximum absolute atomic E-state index is 13.7. The zero-order chi connectivity index (χ0) is 26.0. The molecule has 1 aliphatic carbocycles. The first-order chi connectivity index (χ1) is 17.3. The number of rotatable bonds is 14. The van der Waals surface area contributed by atoms with E-state index in [2.05, 4.69) is 58.9 Å². The molecule has 204 valence electrons. The van der Waals surface area contributed by atoms with Gasteiger partial charge >= 0.3 is 0 Å². The van der Waals surface area contributed by atoms with E-state index in [4.69, 9.17) is 4.74 Å². The molecular weight excluding hydrogens is 440 g/mol. The van der Waals surface area contributed by atoms with Crippen LogP contribution in [0.2, 0.25) is 0 Å². The molecule has 2 nitrogen and oxygen atoms in total. The van der Waals surface area contributed by atoms with Crippen molar-refractivity contribution in [2.24, 2.45) is 23.7 Å². The van der Waals surface area contributed by atoms with Crippen molar-refractivity contribution in [1.82, 2.24) is 0 Å². The smallest absolute Gasteiger partial charge is 0.136 e. The number of aryl methyl sites for hydroxylation is 1. The Morgan fingerprint density at radius 1 is 1.06 bits per heavy atom. The number of hydrogen-bond acceptors (Lipinski definition) is 2. The quantitative estimate of drug-likeness (QED) is 0.240. The molecule has 1 saturated carbocycles. The Morgan fingerprint density at radius 2 is 1.89 bits per heavy atom. The Hall–Kier alpha value is -1.15. The standard InChI is InChI=1S/C34H56O2/c1-6-8-9-10-18-32(29-15-11-14-26(3)21-29)30-16-12-17-31(24-30)33(35)23-27(13-7-2)22-28-19-20-34(4,5)36-25-28/h11,14-15,21,27-28,30-32H,6-10,12-13,16-20,22-25H2,1-5H3.